The van der Waals surface area contributed by atoms with Crippen molar-refractivity contribution in [3.05, 3.63) is 0 Å². The molecule has 0 atom stereocenters. The van der Waals surface area contributed by atoms with Gasteiger partial charge in [-0.05, 0) is 26.7 Å². The van der Waals surface area contributed by atoms with E-state index in [2.05, 4.69) is 5.32 Å². The molecule has 0 radical (unpaired) electrons. The zero-order chi connectivity index (χ0) is 12.2. The minimum absolute atomic E-state index is 0.150. The highest BCUT2D eigenvalue weighted by atomic mass is 16.4. The summed E-state index contributed by atoms with van der Waals surface area (Å²) in [6.45, 7) is 3.97. The van der Waals surface area contributed by atoms with E-state index in [1.165, 1.54) is 4.90 Å². The normalized spacial score (nSPS) is 18.1. The Bertz CT molecular complexity index is 272. The van der Waals surface area contributed by atoms with Crippen LogP contribution in [0.4, 0.5) is 4.79 Å². The first kappa shape index (κ1) is 12.8. The molecule has 1 aliphatic rings. The third kappa shape index (κ3) is 3.40. The molecule has 0 unspecified atom stereocenters. The Kier molecular flexibility index (Phi) is 4.15. The summed E-state index contributed by atoms with van der Waals surface area (Å²) in [6.07, 6.45) is 4.20. The van der Waals surface area contributed by atoms with Crippen LogP contribution in [0.25, 0.3) is 0 Å². The molecule has 1 saturated carbocycles. The molecule has 5 nitrogen and oxygen atoms in total. The van der Waals surface area contributed by atoms with E-state index >= 15 is 0 Å². The number of hydrogen-bond acceptors (Lipinski definition) is 2. The summed E-state index contributed by atoms with van der Waals surface area (Å²) < 4.78 is 0. The van der Waals surface area contributed by atoms with Gasteiger partial charge in [-0.2, -0.15) is 0 Å². The number of carbonyl (C=O) groups excluding carboxylic acids is 1. The Morgan fingerprint density at radius 3 is 2.38 bits per heavy atom. The molecule has 2 N–H and O–H groups in total. The molecule has 0 aliphatic heterocycles. The molecular weight excluding hydrogens is 208 g/mol. The number of nitrogens with one attached hydrogen (secondary N) is 1. The molecule has 0 aromatic rings. The molecule has 0 saturated heterocycles. The number of carboxylic acids is 1. The first-order valence-corrected chi connectivity index (χ1v) is 5.76. The molecule has 1 fully saturated rings. The average molecular weight is 228 g/mol. The predicted octanol–water partition coefficient (Wildman–Crippen LogP) is 1.44. The number of amides is 2. The molecule has 0 aromatic carbocycles. The molecule has 16 heavy (non-hydrogen) atoms. The van der Waals surface area contributed by atoms with Crippen LogP contribution in [0.15, 0.2) is 0 Å². The van der Waals surface area contributed by atoms with E-state index in [0.29, 0.717) is 6.54 Å². The Hall–Kier alpha value is -1.26. The highest BCUT2D eigenvalue weighted by Crippen LogP contribution is 2.28. The molecule has 5 heteroatoms. The van der Waals surface area contributed by atoms with Crippen molar-refractivity contribution < 1.29 is 14.7 Å². The number of rotatable bonds is 4. The van der Waals surface area contributed by atoms with Gasteiger partial charge in [-0.1, -0.05) is 12.8 Å². The summed E-state index contributed by atoms with van der Waals surface area (Å²) in [7, 11) is 0. The second-order valence-electron chi connectivity index (χ2n) is 4.61. The molecule has 1 rings (SSSR count). The van der Waals surface area contributed by atoms with E-state index in [9.17, 15) is 9.59 Å². The van der Waals surface area contributed by atoms with Crippen molar-refractivity contribution in [2.24, 2.45) is 0 Å². The zero-order valence-electron chi connectivity index (χ0n) is 9.95. The van der Waals surface area contributed by atoms with E-state index in [1.807, 2.05) is 6.92 Å². The molecular formula is C11H20N2O3. The van der Waals surface area contributed by atoms with Crippen molar-refractivity contribution in [2.45, 2.75) is 45.1 Å². The number of nitrogens with zero attached hydrogens (tertiary/aromatic N) is 1. The molecule has 2 amide bonds. The van der Waals surface area contributed by atoms with Crippen LogP contribution in [0.2, 0.25) is 0 Å². The van der Waals surface area contributed by atoms with Gasteiger partial charge in [-0.3, -0.25) is 4.79 Å². The van der Waals surface area contributed by atoms with Crippen molar-refractivity contribution in [3.8, 4) is 0 Å². The van der Waals surface area contributed by atoms with Gasteiger partial charge in [0.15, 0.2) is 0 Å². The molecule has 0 aromatic heterocycles. The molecule has 0 bridgehead atoms. The third-order valence-corrected chi connectivity index (χ3v) is 3.11. The molecule has 1 aliphatic carbocycles. The Balaban J connectivity index is 2.51. The summed E-state index contributed by atoms with van der Waals surface area (Å²) in [5.41, 5.74) is -0.150. The number of likely N-dealkylation sites (N-methyl/N-ethyl adjacent to an activating group) is 1. The first-order valence-electron chi connectivity index (χ1n) is 5.76. The van der Waals surface area contributed by atoms with E-state index in [0.717, 1.165) is 25.7 Å². The van der Waals surface area contributed by atoms with Gasteiger partial charge in [0.2, 0.25) is 0 Å². The van der Waals surface area contributed by atoms with Gasteiger partial charge in [0.05, 0.1) is 0 Å². The van der Waals surface area contributed by atoms with Crippen LogP contribution >= 0.6 is 0 Å². The largest absolute Gasteiger partial charge is 0.480 e. The van der Waals surface area contributed by atoms with Crippen LogP contribution in [0.5, 0.6) is 0 Å². The lowest BCUT2D eigenvalue weighted by molar-refractivity contribution is -0.137. The smallest absolute Gasteiger partial charge is 0.323 e. The van der Waals surface area contributed by atoms with Crippen LogP contribution in [-0.4, -0.2) is 40.6 Å². The standard InChI is InChI=1S/C11H20N2O3/c1-3-13(8-9(14)15)10(16)12-11(2)6-4-5-7-11/h3-8H2,1-2H3,(H,12,16)(H,14,15). The highest BCUT2D eigenvalue weighted by Gasteiger charge is 2.31. The maximum atomic E-state index is 11.8. The quantitative estimate of drug-likeness (QED) is 0.764. The fourth-order valence-electron chi connectivity index (χ4n) is 2.11. The van der Waals surface area contributed by atoms with Gasteiger partial charge in [-0.25, -0.2) is 4.79 Å². The Morgan fingerprint density at radius 2 is 1.94 bits per heavy atom. The molecule has 0 spiro atoms. The minimum atomic E-state index is -0.978. The SMILES string of the molecule is CCN(CC(=O)O)C(=O)NC1(C)CCCC1. The van der Waals surface area contributed by atoms with E-state index in [4.69, 9.17) is 5.11 Å². The van der Waals surface area contributed by atoms with Crippen LogP contribution in [0.3, 0.4) is 0 Å². The van der Waals surface area contributed by atoms with E-state index < -0.39 is 5.97 Å². The topological polar surface area (TPSA) is 69.6 Å². The number of urea groups is 1. The summed E-state index contributed by atoms with van der Waals surface area (Å²) in [5.74, 6) is -0.978. The lowest BCUT2D eigenvalue weighted by atomic mass is 10.0. The third-order valence-electron chi connectivity index (χ3n) is 3.11. The van der Waals surface area contributed by atoms with Crippen LogP contribution in [0, 0.1) is 0 Å². The van der Waals surface area contributed by atoms with Gasteiger partial charge in [0, 0.05) is 12.1 Å². The monoisotopic (exact) mass is 228 g/mol. The number of aliphatic carboxylic acids is 1. The summed E-state index contributed by atoms with van der Waals surface area (Å²) in [6, 6.07) is -0.269. The fraction of sp³-hybridized carbons (Fsp3) is 0.818. The second-order valence-corrected chi connectivity index (χ2v) is 4.61. The van der Waals surface area contributed by atoms with Gasteiger partial charge in [0.25, 0.3) is 0 Å². The highest BCUT2D eigenvalue weighted by molar-refractivity contribution is 5.80. The van der Waals surface area contributed by atoms with Crippen molar-refractivity contribution in [1.29, 1.82) is 0 Å². The van der Waals surface area contributed by atoms with Gasteiger partial charge in [0.1, 0.15) is 6.54 Å². The second kappa shape index (κ2) is 5.18. The first-order chi connectivity index (χ1) is 7.47. The minimum Gasteiger partial charge on any atom is -0.480 e. The average Bonchev–Trinajstić information content (AvgIpc) is 2.60. The Labute approximate surface area is 95.8 Å². The van der Waals surface area contributed by atoms with Gasteiger partial charge < -0.3 is 15.3 Å². The van der Waals surface area contributed by atoms with Crippen LogP contribution in [-0.2, 0) is 4.79 Å². The maximum absolute atomic E-state index is 11.8. The molecule has 92 valence electrons. The maximum Gasteiger partial charge on any atom is 0.323 e. The van der Waals surface area contributed by atoms with Crippen molar-refractivity contribution in [3.63, 3.8) is 0 Å². The summed E-state index contributed by atoms with van der Waals surface area (Å²) in [5, 5.41) is 11.6. The van der Waals surface area contributed by atoms with Crippen molar-refractivity contribution in [2.75, 3.05) is 13.1 Å². The van der Waals surface area contributed by atoms with E-state index in [-0.39, 0.29) is 18.1 Å². The van der Waals surface area contributed by atoms with Gasteiger partial charge >= 0.3 is 12.0 Å². The number of carboxylic acid groups (broad SMARTS) is 1. The lowest BCUT2D eigenvalue weighted by Crippen LogP contribution is -2.51. The van der Waals surface area contributed by atoms with Crippen molar-refractivity contribution >= 4 is 12.0 Å². The van der Waals surface area contributed by atoms with Crippen LogP contribution in [0.1, 0.15) is 39.5 Å². The van der Waals surface area contributed by atoms with Crippen molar-refractivity contribution in [1.82, 2.24) is 10.2 Å². The predicted molar refractivity (Wildman–Crippen MR) is 60.3 cm³/mol. The Morgan fingerprint density at radius 1 is 1.38 bits per heavy atom. The van der Waals surface area contributed by atoms with E-state index in [1.54, 1.807) is 6.92 Å². The lowest BCUT2D eigenvalue weighted by Gasteiger charge is -2.29. The summed E-state index contributed by atoms with van der Waals surface area (Å²) >= 11 is 0. The van der Waals surface area contributed by atoms with Crippen LogP contribution < -0.4 is 5.32 Å². The number of hydrogen-bond donors (Lipinski definition) is 2. The zero-order valence-corrected chi connectivity index (χ0v) is 9.95. The molecule has 0 heterocycles. The summed E-state index contributed by atoms with van der Waals surface area (Å²) in [4.78, 5) is 23.7. The number of carbonyl (C=O) groups is 2. The van der Waals surface area contributed by atoms with Gasteiger partial charge in [-0.15, -0.1) is 0 Å². The fourth-order valence-corrected chi connectivity index (χ4v) is 2.11.